The van der Waals surface area contributed by atoms with E-state index in [9.17, 15) is 4.79 Å². The largest absolute Gasteiger partial charge is 0.282 e. The fourth-order valence-electron chi connectivity index (χ4n) is 1.88. The van der Waals surface area contributed by atoms with Crippen molar-refractivity contribution in [1.29, 1.82) is 0 Å². The molecule has 0 saturated heterocycles. The maximum Gasteiger partial charge on any atom is 0.282 e. The van der Waals surface area contributed by atoms with E-state index in [1.807, 2.05) is 29.6 Å². The molecule has 20 heavy (non-hydrogen) atoms. The van der Waals surface area contributed by atoms with E-state index in [0.717, 1.165) is 9.35 Å². The van der Waals surface area contributed by atoms with Crippen molar-refractivity contribution in [3.63, 3.8) is 0 Å². The van der Waals surface area contributed by atoms with Crippen molar-refractivity contribution in [3.8, 4) is 0 Å². The van der Waals surface area contributed by atoms with E-state index >= 15 is 0 Å². The number of rotatable bonds is 2. The van der Waals surface area contributed by atoms with Gasteiger partial charge in [-0.25, -0.2) is 4.98 Å². The van der Waals surface area contributed by atoms with Crippen LogP contribution < -0.4 is 5.56 Å². The molecule has 0 aliphatic rings. The first-order valence-electron chi connectivity index (χ1n) is 5.92. The molecule has 100 valence electrons. The van der Waals surface area contributed by atoms with Gasteiger partial charge in [0.1, 0.15) is 5.82 Å². The van der Waals surface area contributed by atoms with Crippen LogP contribution >= 0.6 is 27.3 Å². The molecule has 3 rings (SSSR count). The fourth-order valence-corrected chi connectivity index (χ4v) is 2.82. The second-order valence-corrected chi connectivity index (χ2v) is 6.09. The molecule has 0 saturated carbocycles. The standard InChI is InChI=1S/C14H10BrN3OS/c1-9-17-13-5-4-10(15)7-12(13)14(19)18(9)16-8-11-3-2-6-20-11/h2-8H,1H3. The molecule has 0 N–H and O–H groups in total. The summed E-state index contributed by atoms with van der Waals surface area (Å²) in [6, 6.07) is 9.34. The minimum absolute atomic E-state index is 0.165. The summed E-state index contributed by atoms with van der Waals surface area (Å²) in [6.45, 7) is 1.77. The molecule has 0 fully saturated rings. The SMILES string of the molecule is Cc1nc2ccc(Br)cc2c(=O)n1N=Cc1cccs1. The summed E-state index contributed by atoms with van der Waals surface area (Å²) in [5, 5.41) is 6.75. The van der Waals surface area contributed by atoms with Crippen LogP contribution in [0, 0.1) is 6.92 Å². The second kappa shape index (κ2) is 5.30. The van der Waals surface area contributed by atoms with Gasteiger partial charge in [0.25, 0.3) is 5.56 Å². The van der Waals surface area contributed by atoms with Gasteiger partial charge in [0.05, 0.1) is 17.1 Å². The molecule has 0 bridgehead atoms. The predicted octanol–water partition coefficient (Wildman–Crippen LogP) is 3.41. The van der Waals surface area contributed by atoms with E-state index in [0.29, 0.717) is 16.7 Å². The van der Waals surface area contributed by atoms with Gasteiger partial charge in [-0.2, -0.15) is 9.78 Å². The summed E-state index contributed by atoms with van der Waals surface area (Å²) in [7, 11) is 0. The van der Waals surface area contributed by atoms with E-state index in [4.69, 9.17) is 0 Å². The number of halogens is 1. The molecule has 6 heteroatoms. The normalized spacial score (nSPS) is 11.5. The van der Waals surface area contributed by atoms with Crippen molar-refractivity contribution in [2.75, 3.05) is 0 Å². The monoisotopic (exact) mass is 347 g/mol. The number of aromatic nitrogens is 2. The lowest BCUT2D eigenvalue weighted by molar-refractivity contribution is 0.771. The van der Waals surface area contributed by atoms with Crippen molar-refractivity contribution in [3.05, 3.63) is 61.2 Å². The number of hydrogen-bond acceptors (Lipinski definition) is 4. The van der Waals surface area contributed by atoms with Crippen LogP contribution in [0.4, 0.5) is 0 Å². The van der Waals surface area contributed by atoms with E-state index < -0.39 is 0 Å². The Labute approximate surface area is 127 Å². The smallest absolute Gasteiger partial charge is 0.267 e. The molecular weight excluding hydrogens is 338 g/mol. The molecule has 4 nitrogen and oxygen atoms in total. The van der Waals surface area contributed by atoms with Crippen LogP contribution in [0.15, 0.2) is 50.1 Å². The van der Waals surface area contributed by atoms with Gasteiger partial charge in [-0.3, -0.25) is 4.79 Å². The second-order valence-electron chi connectivity index (χ2n) is 4.20. The Kier molecular flexibility index (Phi) is 3.50. The van der Waals surface area contributed by atoms with Crippen molar-refractivity contribution in [2.45, 2.75) is 6.92 Å². The Bertz CT molecular complexity index is 853. The van der Waals surface area contributed by atoms with Crippen LogP contribution in [0.3, 0.4) is 0 Å². The molecule has 0 aliphatic heterocycles. The molecule has 0 unspecified atom stereocenters. The summed E-state index contributed by atoms with van der Waals surface area (Å²) in [6.07, 6.45) is 1.67. The Hall–Kier alpha value is -1.79. The van der Waals surface area contributed by atoms with Gasteiger partial charge in [-0.15, -0.1) is 11.3 Å². The highest BCUT2D eigenvalue weighted by atomic mass is 79.9. The molecule has 0 aliphatic carbocycles. The Balaban J connectivity index is 2.18. The van der Waals surface area contributed by atoms with Crippen LogP contribution in [0.25, 0.3) is 10.9 Å². The number of hydrogen-bond donors (Lipinski definition) is 0. The fraction of sp³-hybridized carbons (Fsp3) is 0.0714. The molecule has 0 spiro atoms. The lowest BCUT2D eigenvalue weighted by Crippen LogP contribution is -2.20. The zero-order valence-electron chi connectivity index (χ0n) is 10.6. The number of thiophene rings is 1. The van der Waals surface area contributed by atoms with Gasteiger partial charge in [0.2, 0.25) is 0 Å². The highest BCUT2D eigenvalue weighted by molar-refractivity contribution is 9.10. The third-order valence-electron chi connectivity index (χ3n) is 2.81. The van der Waals surface area contributed by atoms with E-state index in [-0.39, 0.29) is 5.56 Å². The van der Waals surface area contributed by atoms with Gasteiger partial charge in [0, 0.05) is 9.35 Å². The Morgan fingerprint density at radius 3 is 3.00 bits per heavy atom. The predicted molar refractivity (Wildman–Crippen MR) is 85.8 cm³/mol. The lowest BCUT2D eigenvalue weighted by atomic mass is 10.2. The Morgan fingerprint density at radius 2 is 2.25 bits per heavy atom. The van der Waals surface area contributed by atoms with Crippen LogP contribution in [0.2, 0.25) is 0 Å². The Morgan fingerprint density at radius 1 is 1.40 bits per heavy atom. The van der Waals surface area contributed by atoms with Gasteiger partial charge < -0.3 is 0 Å². The highest BCUT2D eigenvalue weighted by Crippen LogP contribution is 2.15. The van der Waals surface area contributed by atoms with Gasteiger partial charge in [0.15, 0.2) is 0 Å². The van der Waals surface area contributed by atoms with E-state index in [2.05, 4.69) is 26.0 Å². The molecular formula is C14H10BrN3OS. The van der Waals surface area contributed by atoms with Gasteiger partial charge in [-0.1, -0.05) is 22.0 Å². The molecule has 0 amide bonds. The molecule has 0 radical (unpaired) electrons. The summed E-state index contributed by atoms with van der Waals surface area (Å²) in [5.74, 6) is 0.567. The van der Waals surface area contributed by atoms with Crippen molar-refractivity contribution in [2.24, 2.45) is 5.10 Å². The zero-order chi connectivity index (χ0) is 14.1. The third-order valence-corrected chi connectivity index (χ3v) is 4.11. The van der Waals surface area contributed by atoms with Crippen LogP contribution in [-0.4, -0.2) is 15.9 Å². The molecule has 0 atom stereocenters. The minimum Gasteiger partial charge on any atom is -0.267 e. The van der Waals surface area contributed by atoms with Crippen LogP contribution in [-0.2, 0) is 0 Å². The first-order valence-corrected chi connectivity index (χ1v) is 7.59. The minimum atomic E-state index is -0.165. The number of fused-ring (bicyclic) bond motifs is 1. The summed E-state index contributed by atoms with van der Waals surface area (Å²) in [4.78, 5) is 17.9. The van der Waals surface area contributed by atoms with Crippen LogP contribution in [0.5, 0.6) is 0 Å². The average molecular weight is 348 g/mol. The maximum atomic E-state index is 12.5. The van der Waals surface area contributed by atoms with Crippen molar-refractivity contribution >= 4 is 44.4 Å². The first-order chi connectivity index (χ1) is 9.65. The first kappa shape index (κ1) is 13.2. The highest BCUT2D eigenvalue weighted by Gasteiger charge is 2.07. The average Bonchev–Trinajstić information content (AvgIpc) is 2.93. The zero-order valence-corrected chi connectivity index (χ0v) is 13.0. The summed E-state index contributed by atoms with van der Waals surface area (Å²) >= 11 is 4.93. The lowest BCUT2D eigenvalue weighted by Gasteiger charge is -2.05. The summed E-state index contributed by atoms with van der Waals surface area (Å²) in [5.41, 5.74) is 0.514. The summed E-state index contributed by atoms with van der Waals surface area (Å²) < 4.78 is 2.18. The van der Waals surface area contributed by atoms with E-state index in [1.54, 1.807) is 30.5 Å². The topological polar surface area (TPSA) is 47.2 Å². The number of nitrogens with zero attached hydrogens (tertiary/aromatic N) is 3. The molecule has 3 aromatic rings. The third kappa shape index (κ3) is 2.44. The number of benzene rings is 1. The molecule has 2 aromatic heterocycles. The molecule has 1 aromatic carbocycles. The number of aryl methyl sites for hydroxylation is 1. The van der Waals surface area contributed by atoms with Crippen molar-refractivity contribution < 1.29 is 0 Å². The van der Waals surface area contributed by atoms with Gasteiger partial charge in [-0.05, 0) is 36.6 Å². The quantitative estimate of drug-likeness (QED) is 0.667. The van der Waals surface area contributed by atoms with Crippen molar-refractivity contribution in [1.82, 2.24) is 9.66 Å². The maximum absolute atomic E-state index is 12.5. The van der Waals surface area contributed by atoms with Gasteiger partial charge >= 0.3 is 0 Å². The van der Waals surface area contributed by atoms with Crippen LogP contribution in [0.1, 0.15) is 10.7 Å². The molecule has 2 heterocycles. The van der Waals surface area contributed by atoms with E-state index in [1.165, 1.54) is 4.68 Å².